The van der Waals surface area contributed by atoms with E-state index in [0.717, 1.165) is 56.6 Å². The van der Waals surface area contributed by atoms with Crippen LogP contribution < -0.4 is 5.32 Å². The molecular weight excluding hydrogens is 268 g/mol. The van der Waals surface area contributed by atoms with Crippen molar-refractivity contribution in [1.29, 1.82) is 0 Å². The first-order valence-corrected chi connectivity index (χ1v) is 7.84. The van der Waals surface area contributed by atoms with Gasteiger partial charge in [0.05, 0.1) is 12.2 Å². The van der Waals surface area contributed by atoms with Crippen molar-refractivity contribution in [2.24, 2.45) is 5.92 Å². The third-order valence-corrected chi connectivity index (χ3v) is 4.19. The van der Waals surface area contributed by atoms with Crippen LogP contribution in [0.1, 0.15) is 24.3 Å². The van der Waals surface area contributed by atoms with Gasteiger partial charge in [0, 0.05) is 38.8 Å². The summed E-state index contributed by atoms with van der Waals surface area (Å²) in [6, 6.07) is 1.97. The summed E-state index contributed by atoms with van der Waals surface area (Å²) in [6.07, 6.45) is 2.64. The van der Waals surface area contributed by atoms with Crippen molar-refractivity contribution in [3.8, 4) is 0 Å². The summed E-state index contributed by atoms with van der Waals surface area (Å²) in [6.45, 7) is 7.61. The smallest absolute Gasteiger partial charge is 0.236 e. The molecule has 1 aromatic heterocycles. The number of aromatic nitrogens is 1. The molecule has 0 aromatic carbocycles. The third-order valence-electron chi connectivity index (χ3n) is 4.19. The van der Waals surface area contributed by atoms with E-state index in [-0.39, 0.29) is 5.91 Å². The van der Waals surface area contributed by atoms with Gasteiger partial charge in [-0.05, 0) is 32.2 Å². The Kier molecular flexibility index (Phi) is 4.55. The fraction of sp³-hybridized carbons (Fsp3) is 0.733. The second kappa shape index (κ2) is 6.58. The lowest BCUT2D eigenvalue weighted by molar-refractivity contribution is -0.132. The zero-order chi connectivity index (χ0) is 14.7. The van der Waals surface area contributed by atoms with E-state index in [4.69, 9.17) is 4.52 Å². The molecule has 2 fully saturated rings. The molecule has 2 heterocycles. The van der Waals surface area contributed by atoms with E-state index in [1.165, 1.54) is 12.8 Å². The fourth-order valence-electron chi connectivity index (χ4n) is 2.69. The van der Waals surface area contributed by atoms with Crippen LogP contribution in [0.25, 0.3) is 0 Å². The van der Waals surface area contributed by atoms with Crippen molar-refractivity contribution in [1.82, 2.24) is 20.3 Å². The Hall–Kier alpha value is -1.40. The molecule has 0 radical (unpaired) electrons. The maximum absolute atomic E-state index is 12.1. The van der Waals surface area contributed by atoms with Crippen molar-refractivity contribution >= 4 is 5.91 Å². The van der Waals surface area contributed by atoms with Crippen LogP contribution in [0.3, 0.4) is 0 Å². The summed E-state index contributed by atoms with van der Waals surface area (Å²) in [5.41, 5.74) is 0.971. The normalized spacial score (nSPS) is 20.0. The number of hydrogen-bond acceptors (Lipinski definition) is 5. The van der Waals surface area contributed by atoms with E-state index in [0.29, 0.717) is 6.54 Å². The van der Waals surface area contributed by atoms with Gasteiger partial charge in [0.15, 0.2) is 0 Å². The molecule has 1 aliphatic carbocycles. The molecule has 2 aliphatic rings. The fourth-order valence-corrected chi connectivity index (χ4v) is 2.69. The van der Waals surface area contributed by atoms with Crippen LogP contribution in [0.2, 0.25) is 0 Å². The lowest BCUT2D eigenvalue weighted by Crippen LogP contribution is -2.50. The van der Waals surface area contributed by atoms with Crippen LogP contribution in [0.5, 0.6) is 0 Å². The number of aryl methyl sites for hydroxylation is 1. The van der Waals surface area contributed by atoms with E-state index in [2.05, 4.69) is 15.4 Å². The van der Waals surface area contributed by atoms with Gasteiger partial charge in [-0.2, -0.15) is 0 Å². The van der Waals surface area contributed by atoms with Crippen LogP contribution >= 0.6 is 0 Å². The number of carbonyl (C=O) groups excluding carboxylic acids is 1. The molecule has 0 spiro atoms. The van der Waals surface area contributed by atoms with E-state index >= 15 is 0 Å². The number of nitrogens with one attached hydrogen (secondary N) is 1. The first-order valence-electron chi connectivity index (χ1n) is 7.84. The molecule has 21 heavy (non-hydrogen) atoms. The highest BCUT2D eigenvalue weighted by Crippen LogP contribution is 2.27. The van der Waals surface area contributed by atoms with Crippen LogP contribution in [0.4, 0.5) is 0 Å². The second-order valence-electron chi connectivity index (χ2n) is 6.16. The highest BCUT2D eigenvalue weighted by molar-refractivity contribution is 5.78. The standard InChI is InChI=1S/C15H24N4O2/c1-12-8-14(17-21-12)11-18-4-6-19(7-5-18)15(20)10-16-9-13-2-3-13/h8,13,16H,2-7,9-11H2,1H3. The minimum atomic E-state index is 0.229. The van der Waals surface area contributed by atoms with Crippen molar-refractivity contribution in [3.63, 3.8) is 0 Å². The van der Waals surface area contributed by atoms with Gasteiger partial charge in [-0.3, -0.25) is 9.69 Å². The molecule has 6 nitrogen and oxygen atoms in total. The van der Waals surface area contributed by atoms with E-state index in [1.807, 2.05) is 17.9 Å². The lowest BCUT2D eigenvalue weighted by Gasteiger charge is -2.34. The molecular formula is C15H24N4O2. The number of carbonyl (C=O) groups is 1. The number of nitrogens with zero attached hydrogens (tertiary/aromatic N) is 3. The second-order valence-corrected chi connectivity index (χ2v) is 6.16. The van der Waals surface area contributed by atoms with Gasteiger partial charge in [-0.15, -0.1) is 0 Å². The lowest BCUT2D eigenvalue weighted by atomic mass is 10.2. The van der Waals surface area contributed by atoms with Gasteiger partial charge >= 0.3 is 0 Å². The molecule has 1 aliphatic heterocycles. The summed E-state index contributed by atoms with van der Waals surface area (Å²) in [5, 5.41) is 7.29. The summed E-state index contributed by atoms with van der Waals surface area (Å²) >= 11 is 0. The average molecular weight is 292 g/mol. The monoisotopic (exact) mass is 292 g/mol. The maximum atomic E-state index is 12.1. The molecule has 1 aromatic rings. The first kappa shape index (κ1) is 14.5. The Labute approximate surface area is 125 Å². The number of amides is 1. The van der Waals surface area contributed by atoms with Crippen molar-refractivity contribution in [2.75, 3.05) is 39.3 Å². The molecule has 0 atom stereocenters. The highest BCUT2D eigenvalue weighted by atomic mass is 16.5. The van der Waals surface area contributed by atoms with Crippen LogP contribution in [0, 0.1) is 12.8 Å². The number of piperazine rings is 1. The summed E-state index contributed by atoms with van der Waals surface area (Å²) in [5.74, 6) is 1.90. The predicted octanol–water partition coefficient (Wildman–Crippen LogP) is 0.627. The quantitative estimate of drug-likeness (QED) is 0.833. The Morgan fingerprint density at radius 3 is 2.76 bits per heavy atom. The number of hydrogen-bond donors (Lipinski definition) is 1. The van der Waals surface area contributed by atoms with Crippen molar-refractivity contribution in [2.45, 2.75) is 26.3 Å². The van der Waals surface area contributed by atoms with Crippen molar-refractivity contribution < 1.29 is 9.32 Å². The zero-order valence-corrected chi connectivity index (χ0v) is 12.7. The molecule has 0 unspecified atom stereocenters. The van der Waals surface area contributed by atoms with E-state index < -0.39 is 0 Å². The van der Waals surface area contributed by atoms with E-state index in [9.17, 15) is 4.79 Å². The summed E-state index contributed by atoms with van der Waals surface area (Å²) in [4.78, 5) is 16.4. The van der Waals surface area contributed by atoms with Crippen LogP contribution in [-0.2, 0) is 11.3 Å². The van der Waals surface area contributed by atoms with E-state index in [1.54, 1.807) is 0 Å². The summed E-state index contributed by atoms with van der Waals surface area (Å²) < 4.78 is 5.08. The first-order chi connectivity index (χ1) is 10.2. The zero-order valence-electron chi connectivity index (χ0n) is 12.7. The van der Waals surface area contributed by atoms with Gasteiger partial charge in [-0.25, -0.2) is 0 Å². The SMILES string of the molecule is Cc1cc(CN2CCN(C(=O)CNCC3CC3)CC2)no1. The Morgan fingerprint density at radius 1 is 1.38 bits per heavy atom. The van der Waals surface area contributed by atoms with Gasteiger partial charge < -0.3 is 14.7 Å². The Morgan fingerprint density at radius 2 is 2.14 bits per heavy atom. The average Bonchev–Trinajstić information content (AvgIpc) is 3.21. The molecule has 3 rings (SSSR count). The third kappa shape index (κ3) is 4.28. The molecule has 1 N–H and O–H groups in total. The number of rotatable bonds is 6. The predicted molar refractivity (Wildman–Crippen MR) is 78.7 cm³/mol. The minimum Gasteiger partial charge on any atom is -0.361 e. The molecule has 116 valence electrons. The summed E-state index contributed by atoms with van der Waals surface area (Å²) in [7, 11) is 0. The minimum absolute atomic E-state index is 0.229. The molecule has 1 saturated carbocycles. The van der Waals surface area contributed by atoms with Crippen molar-refractivity contribution in [3.05, 3.63) is 17.5 Å². The van der Waals surface area contributed by atoms with Gasteiger partial charge in [-0.1, -0.05) is 5.16 Å². The highest BCUT2D eigenvalue weighted by Gasteiger charge is 2.23. The maximum Gasteiger partial charge on any atom is 0.236 e. The Balaban J connectivity index is 1.36. The molecule has 6 heteroatoms. The van der Waals surface area contributed by atoms with Gasteiger partial charge in [0.1, 0.15) is 5.76 Å². The molecule has 1 saturated heterocycles. The molecule has 1 amide bonds. The van der Waals surface area contributed by atoms with Crippen LogP contribution in [-0.4, -0.2) is 60.1 Å². The van der Waals surface area contributed by atoms with Crippen LogP contribution in [0.15, 0.2) is 10.6 Å². The van der Waals surface area contributed by atoms with Gasteiger partial charge in [0.25, 0.3) is 0 Å². The largest absolute Gasteiger partial charge is 0.361 e. The Bertz CT molecular complexity index is 476. The van der Waals surface area contributed by atoms with Gasteiger partial charge in [0.2, 0.25) is 5.91 Å². The topological polar surface area (TPSA) is 61.6 Å². The molecule has 0 bridgehead atoms.